The third-order valence-electron chi connectivity index (χ3n) is 4.98. The van der Waals surface area contributed by atoms with Crippen LogP contribution in [0.1, 0.15) is 45.6 Å². The zero-order chi connectivity index (χ0) is 15.2. The number of amides is 3. The van der Waals surface area contributed by atoms with Gasteiger partial charge in [0.1, 0.15) is 6.04 Å². The number of rotatable bonds is 4. The van der Waals surface area contributed by atoms with Crippen LogP contribution in [0.25, 0.3) is 0 Å². The molecule has 1 aliphatic heterocycles. The zero-order valence-electron chi connectivity index (χ0n) is 12.8. The molecule has 1 N–H and O–H groups in total. The van der Waals surface area contributed by atoms with Crippen LogP contribution in [0.15, 0.2) is 24.3 Å². The highest BCUT2D eigenvalue weighted by molar-refractivity contribution is 6.21. The van der Waals surface area contributed by atoms with E-state index in [2.05, 4.69) is 18.3 Å². The molecule has 4 heteroatoms. The lowest BCUT2D eigenvalue weighted by Crippen LogP contribution is -2.35. The van der Waals surface area contributed by atoms with Crippen LogP contribution in [0.3, 0.4) is 0 Å². The number of urea groups is 1. The fourth-order valence-corrected chi connectivity index (χ4v) is 2.86. The van der Waals surface area contributed by atoms with Gasteiger partial charge in [0.05, 0.1) is 5.69 Å². The average molecular weight is 286 g/mol. The van der Waals surface area contributed by atoms with Gasteiger partial charge >= 0.3 is 6.03 Å². The largest absolute Gasteiger partial charge is 0.329 e. The zero-order valence-corrected chi connectivity index (χ0v) is 12.8. The molecule has 112 valence electrons. The number of nitrogens with zero attached hydrogens (tertiary/aromatic N) is 1. The molecule has 1 saturated carbocycles. The summed E-state index contributed by atoms with van der Waals surface area (Å²) in [5, 5.41) is 2.81. The molecule has 2 fully saturated rings. The van der Waals surface area contributed by atoms with Crippen molar-refractivity contribution in [1.82, 2.24) is 5.32 Å². The normalized spacial score (nSPS) is 24.9. The highest BCUT2D eigenvalue weighted by atomic mass is 16.2. The molecule has 0 spiro atoms. The molecule has 2 unspecified atom stereocenters. The maximum Gasteiger partial charge on any atom is 0.329 e. The highest BCUT2D eigenvalue weighted by Gasteiger charge is 2.43. The summed E-state index contributed by atoms with van der Waals surface area (Å²) < 4.78 is 0. The number of carbonyl (C=O) groups excluding carboxylic acids is 2. The van der Waals surface area contributed by atoms with E-state index in [4.69, 9.17) is 0 Å². The topological polar surface area (TPSA) is 49.4 Å². The van der Waals surface area contributed by atoms with Gasteiger partial charge in [0.25, 0.3) is 5.91 Å². The molecule has 1 heterocycles. The predicted octanol–water partition coefficient (Wildman–Crippen LogP) is 3.21. The van der Waals surface area contributed by atoms with Gasteiger partial charge in [-0.05, 0) is 41.9 Å². The summed E-state index contributed by atoms with van der Waals surface area (Å²) in [5.41, 5.74) is 2.13. The quantitative estimate of drug-likeness (QED) is 0.864. The van der Waals surface area contributed by atoms with E-state index in [-0.39, 0.29) is 23.3 Å². The van der Waals surface area contributed by atoms with Crippen molar-refractivity contribution in [2.24, 2.45) is 5.92 Å². The monoisotopic (exact) mass is 286 g/mol. The summed E-state index contributed by atoms with van der Waals surface area (Å²) in [6.45, 7) is 6.25. The smallest absolute Gasteiger partial charge is 0.325 e. The molecule has 4 nitrogen and oxygen atoms in total. The Labute approximate surface area is 125 Å². The molecule has 1 aromatic carbocycles. The van der Waals surface area contributed by atoms with Crippen LogP contribution in [0, 0.1) is 5.92 Å². The minimum absolute atomic E-state index is 0.132. The van der Waals surface area contributed by atoms with Gasteiger partial charge < -0.3 is 5.32 Å². The van der Waals surface area contributed by atoms with Gasteiger partial charge in [-0.3, -0.25) is 4.79 Å². The Morgan fingerprint density at radius 3 is 2.71 bits per heavy atom. The fraction of sp³-hybridized carbons (Fsp3) is 0.529. The molecule has 0 bridgehead atoms. The molecule has 3 rings (SSSR count). The van der Waals surface area contributed by atoms with Crippen LogP contribution in [0.5, 0.6) is 0 Å². The fourth-order valence-electron chi connectivity index (χ4n) is 2.86. The number of hydrogen-bond acceptors (Lipinski definition) is 2. The van der Waals surface area contributed by atoms with E-state index in [9.17, 15) is 9.59 Å². The van der Waals surface area contributed by atoms with Crippen molar-refractivity contribution >= 4 is 17.6 Å². The SMILES string of the molecule is CCC(C)C1NC(=O)N(c2cccc(C3(C)CC3)c2)C1=O. The van der Waals surface area contributed by atoms with Crippen LogP contribution in [-0.4, -0.2) is 18.0 Å². The second kappa shape index (κ2) is 4.86. The number of hydrogen-bond donors (Lipinski definition) is 1. The van der Waals surface area contributed by atoms with E-state index >= 15 is 0 Å². The van der Waals surface area contributed by atoms with Crippen molar-refractivity contribution in [3.63, 3.8) is 0 Å². The van der Waals surface area contributed by atoms with E-state index in [1.165, 1.54) is 23.3 Å². The predicted molar refractivity (Wildman–Crippen MR) is 82.3 cm³/mol. The molecule has 2 atom stereocenters. The Morgan fingerprint density at radius 1 is 1.38 bits per heavy atom. The first-order chi connectivity index (χ1) is 9.96. The first-order valence-corrected chi connectivity index (χ1v) is 7.71. The van der Waals surface area contributed by atoms with E-state index in [0.717, 1.165) is 6.42 Å². The molecule has 1 saturated heterocycles. The summed E-state index contributed by atoms with van der Waals surface area (Å²) in [7, 11) is 0. The van der Waals surface area contributed by atoms with Gasteiger partial charge in [-0.25, -0.2) is 9.69 Å². The minimum atomic E-state index is -0.400. The molecule has 1 aliphatic carbocycles. The standard InChI is InChI=1S/C17H22N2O2/c1-4-11(2)14-15(20)19(16(21)18-14)13-7-5-6-12(10-13)17(3)8-9-17/h5-7,10-11,14H,4,8-9H2,1-3H3,(H,18,21). The summed E-state index contributed by atoms with van der Waals surface area (Å²) in [6.07, 6.45) is 3.21. The van der Waals surface area contributed by atoms with E-state index in [1.807, 2.05) is 32.0 Å². The molecule has 3 amide bonds. The Morgan fingerprint density at radius 2 is 2.10 bits per heavy atom. The van der Waals surface area contributed by atoms with Crippen LogP contribution < -0.4 is 10.2 Å². The van der Waals surface area contributed by atoms with Gasteiger partial charge in [-0.2, -0.15) is 0 Å². The Bertz CT molecular complexity index is 592. The van der Waals surface area contributed by atoms with Gasteiger partial charge in [-0.15, -0.1) is 0 Å². The van der Waals surface area contributed by atoms with E-state index in [0.29, 0.717) is 5.69 Å². The third kappa shape index (κ3) is 2.33. The van der Waals surface area contributed by atoms with Crippen molar-refractivity contribution in [3.8, 4) is 0 Å². The third-order valence-corrected chi connectivity index (χ3v) is 4.98. The van der Waals surface area contributed by atoms with Crippen LogP contribution >= 0.6 is 0 Å². The molecule has 1 aromatic rings. The van der Waals surface area contributed by atoms with Crippen LogP contribution in [-0.2, 0) is 10.2 Å². The van der Waals surface area contributed by atoms with Crippen molar-refractivity contribution in [2.45, 2.75) is 51.5 Å². The lowest BCUT2D eigenvalue weighted by Gasteiger charge is -2.18. The van der Waals surface area contributed by atoms with Crippen molar-refractivity contribution in [1.29, 1.82) is 0 Å². The number of imide groups is 1. The van der Waals surface area contributed by atoms with Gasteiger partial charge in [0, 0.05) is 0 Å². The summed E-state index contributed by atoms with van der Waals surface area (Å²) in [5.74, 6) is 0.0167. The highest BCUT2D eigenvalue weighted by Crippen LogP contribution is 2.48. The maximum atomic E-state index is 12.5. The average Bonchev–Trinajstić information content (AvgIpc) is 3.16. The minimum Gasteiger partial charge on any atom is -0.325 e. The summed E-state index contributed by atoms with van der Waals surface area (Å²) >= 11 is 0. The maximum absolute atomic E-state index is 12.5. The van der Waals surface area contributed by atoms with Crippen molar-refractivity contribution in [3.05, 3.63) is 29.8 Å². The lowest BCUT2D eigenvalue weighted by atomic mass is 9.97. The number of anilines is 1. The first kappa shape index (κ1) is 14.1. The first-order valence-electron chi connectivity index (χ1n) is 7.71. The second-order valence-corrected chi connectivity index (χ2v) is 6.60. The number of nitrogens with one attached hydrogen (secondary N) is 1. The number of benzene rings is 1. The van der Waals surface area contributed by atoms with Gasteiger partial charge in [0.2, 0.25) is 0 Å². The van der Waals surface area contributed by atoms with Crippen LogP contribution in [0.4, 0.5) is 10.5 Å². The second-order valence-electron chi connectivity index (χ2n) is 6.60. The molecular formula is C17H22N2O2. The van der Waals surface area contributed by atoms with Crippen molar-refractivity contribution in [2.75, 3.05) is 4.90 Å². The molecule has 0 aromatic heterocycles. The Hall–Kier alpha value is -1.84. The summed E-state index contributed by atoms with van der Waals surface area (Å²) in [6, 6.07) is 7.15. The van der Waals surface area contributed by atoms with Gasteiger partial charge in [0.15, 0.2) is 0 Å². The molecule has 2 aliphatic rings. The molecule has 21 heavy (non-hydrogen) atoms. The Kier molecular flexibility index (Phi) is 3.27. The lowest BCUT2D eigenvalue weighted by molar-refractivity contribution is -0.119. The molecular weight excluding hydrogens is 264 g/mol. The molecule has 0 radical (unpaired) electrons. The van der Waals surface area contributed by atoms with E-state index < -0.39 is 6.04 Å². The van der Waals surface area contributed by atoms with Gasteiger partial charge in [-0.1, -0.05) is 39.3 Å². The van der Waals surface area contributed by atoms with Crippen molar-refractivity contribution < 1.29 is 9.59 Å². The van der Waals surface area contributed by atoms with E-state index in [1.54, 1.807) is 0 Å². The van der Waals surface area contributed by atoms with Crippen LogP contribution in [0.2, 0.25) is 0 Å². The Balaban J connectivity index is 1.90. The summed E-state index contributed by atoms with van der Waals surface area (Å²) in [4.78, 5) is 26.0. The number of carbonyl (C=O) groups is 2.